The van der Waals surface area contributed by atoms with Crippen molar-refractivity contribution in [3.05, 3.63) is 0 Å². The Labute approximate surface area is 115 Å². The van der Waals surface area contributed by atoms with Crippen LogP contribution in [0.15, 0.2) is 0 Å². The SMILES string of the molecule is CCCCN(CC)CC1CCCCC1NCCC. The molecule has 1 N–H and O–H groups in total. The maximum absolute atomic E-state index is 3.78. The highest BCUT2D eigenvalue weighted by molar-refractivity contribution is 4.83. The van der Waals surface area contributed by atoms with Gasteiger partial charge in [0.2, 0.25) is 0 Å². The highest BCUT2D eigenvalue weighted by Gasteiger charge is 2.25. The van der Waals surface area contributed by atoms with Crippen LogP contribution in [0.2, 0.25) is 0 Å². The first-order valence-corrected chi connectivity index (χ1v) is 8.27. The second kappa shape index (κ2) is 9.80. The Morgan fingerprint density at radius 1 is 1.06 bits per heavy atom. The van der Waals surface area contributed by atoms with Crippen molar-refractivity contribution >= 4 is 0 Å². The van der Waals surface area contributed by atoms with E-state index in [0.29, 0.717) is 0 Å². The summed E-state index contributed by atoms with van der Waals surface area (Å²) in [6.45, 7) is 11.9. The van der Waals surface area contributed by atoms with E-state index in [1.54, 1.807) is 0 Å². The highest BCUT2D eigenvalue weighted by Crippen LogP contribution is 2.25. The Bertz CT molecular complexity index is 194. The van der Waals surface area contributed by atoms with Crippen molar-refractivity contribution in [1.29, 1.82) is 0 Å². The first-order valence-electron chi connectivity index (χ1n) is 8.27. The van der Waals surface area contributed by atoms with Crippen LogP contribution in [-0.4, -0.2) is 37.1 Å². The normalized spacial score (nSPS) is 24.7. The van der Waals surface area contributed by atoms with Crippen molar-refractivity contribution in [2.24, 2.45) is 5.92 Å². The molecule has 0 aromatic heterocycles. The topological polar surface area (TPSA) is 15.3 Å². The molecule has 0 amide bonds. The average molecular weight is 254 g/mol. The van der Waals surface area contributed by atoms with Crippen LogP contribution in [-0.2, 0) is 0 Å². The lowest BCUT2D eigenvalue weighted by Crippen LogP contribution is -2.44. The smallest absolute Gasteiger partial charge is 0.0107 e. The minimum absolute atomic E-state index is 0.786. The van der Waals surface area contributed by atoms with Crippen LogP contribution >= 0.6 is 0 Å². The molecule has 0 aromatic carbocycles. The molecular weight excluding hydrogens is 220 g/mol. The molecule has 2 atom stereocenters. The van der Waals surface area contributed by atoms with Gasteiger partial charge in [0.25, 0.3) is 0 Å². The van der Waals surface area contributed by atoms with Crippen molar-refractivity contribution in [3.63, 3.8) is 0 Å². The zero-order valence-electron chi connectivity index (χ0n) is 12.9. The van der Waals surface area contributed by atoms with Crippen molar-refractivity contribution in [2.75, 3.05) is 26.2 Å². The molecule has 0 radical (unpaired) electrons. The van der Waals surface area contributed by atoms with E-state index >= 15 is 0 Å². The molecule has 1 saturated carbocycles. The summed E-state index contributed by atoms with van der Waals surface area (Å²) in [5.74, 6) is 0.891. The lowest BCUT2D eigenvalue weighted by Gasteiger charge is -2.36. The van der Waals surface area contributed by atoms with Gasteiger partial charge in [-0.05, 0) is 51.2 Å². The summed E-state index contributed by atoms with van der Waals surface area (Å²) >= 11 is 0. The van der Waals surface area contributed by atoms with E-state index in [0.717, 1.165) is 12.0 Å². The molecule has 1 aliphatic carbocycles. The van der Waals surface area contributed by atoms with Crippen LogP contribution in [0.4, 0.5) is 0 Å². The van der Waals surface area contributed by atoms with Gasteiger partial charge < -0.3 is 10.2 Å². The number of unbranched alkanes of at least 4 members (excludes halogenated alkanes) is 1. The summed E-state index contributed by atoms with van der Waals surface area (Å²) in [5.41, 5.74) is 0. The van der Waals surface area contributed by atoms with E-state index in [9.17, 15) is 0 Å². The Hall–Kier alpha value is -0.0800. The second-order valence-electron chi connectivity index (χ2n) is 5.85. The lowest BCUT2D eigenvalue weighted by atomic mass is 9.84. The fourth-order valence-corrected chi connectivity index (χ4v) is 3.12. The number of hydrogen-bond donors (Lipinski definition) is 1. The van der Waals surface area contributed by atoms with E-state index in [4.69, 9.17) is 0 Å². The molecule has 2 nitrogen and oxygen atoms in total. The van der Waals surface area contributed by atoms with Gasteiger partial charge in [-0.3, -0.25) is 0 Å². The van der Waals surface area contributed by atoms with Gasteiger partial charge in [0.15, 0.2) is 0 Å². The summed E-state index contributed by atoms with van der Waals surface area (Å²) in [6.07, 6.45) is 9.64. The van der Waals surface area contributed by atoms with Crippen molar-refractivity contribution in [3.8, 4) is 0 Å². The average Bonchev–Trinajstić information content (AvgIpc) is 2.42. The molecule has 0 heterocycles. The molecule has 1 rings (SSSR count). The third kappa shape index (κ3) is 5.71. The van der Waals surface area contributed by atoms with Gasteiger partial charge in [0.05, 0.1) is 0 Å². The van der Waals surface area contributed by atoms with Crippen LogP contribution < -0.4 is 5.32 Å². The summed E-state index contributed by atoms with van der Waals surface area (Å²) in [6, 6.07) is 0.786. The molecule has 2 unspecified atom stereocenters. The number of nitrogens with zero attached hydrogens (tertiary/aromatic N) is 1. The van der Waals surface area contributed by atoms with E-state index < -0.39 is 0 Å². The van der Waals surface area contributed by atoms with E-state index in [1.807, 2.05) is 0 Å². The van der Waals surface area contributed by atoms with Crippen LogP contribution in [0.3, 0.4) is 0 Å². The fraction of sp³-hybridized carbons (Fsp3) is 1.00. The summed E-state index contributed by atoms with van der Waals surface area (Å²) in [4.78, 5) is 2.67. The molecule has 1 aliphatic rings. The largest absolute Gasteiger partial charge is 0.314 e. The van der Waals surface area contributed by atoms with E-state index in [-0.39, 0.29) is 0 Å². The molecule has 0 aromatic rings. The third-order valence-corrected chi connectivity index (χ3v) is 4.33. The van der Waals surface area contributed by atoms with Crippen LogP contribution in [0.25, 0.3) is 0 Å². The van der Waals surface area contributed by atoms with Crippen molar-refractivity contribution in [2.45, 2.75) is 71.8 Å². The Balaban J connectivity index is 2.38. The standard InChI is InChI=1S/C16H34N2/c1-4-7-13-18(6-3)14-15-10-8-9-11-16(15)17-12-5-2/h15-17H,4-14H2,1-3H3. The first-order chi connectivity index (χ1) is 8.81. The lowest BCUT2D eigenvalue weighted by molar-refractivity contribution is 0.171. The Kier molecular flexibility index (Phi) is 8.70. The molecular formula is C16H34N2. The van der Waals surface area contributed by atoms with E-state index in [1.165, 1.54) is 71.1 Å². The monoisotopic (exact) mass is 254 g/mol. The number of rotatable bonds is 9. The summed E-state index contributed by atoms with van der Waals surface area (Å²) < 4.78 is 0. The Morgan fingerprint density at radius 3 is 2.50 bits per heavy atom. The maximum Gasteiger partial charge on any atom is 0.0107 e. The summed E-state index contributed by atoms with van der Waals surface area (Å²) in [5, 5.41) is 3.78. The molecule has 0 aliphatic heterocycles. The summed E-state index contributed by atoms with van der Waals surface area (Å²) in [7, 11) is 0. The molecule has 108 valence electrons. The van der Waals surface area contributed by atoms with Gasteiger partial charge in [-0.1, -0.05) is 40.0 Å². The van der Waals surface area contributed by atoms with E-state index in [2.05, 4.69) is 31.0 Å². The molecule has 1 fully saturated rings. The van der Waals surface area contributed by atoms with Gasteiger partial charge in [-0.25, -0.2) is 0 Å². The van der Waals surface area contributed by atoms with Crippen LogP contribution in [0.1, 0.15) is 65.7 Å². The third-order valence-electron chi connectivity index (χ3n) is 4.33. The van der Waals surface area contributed by atoms with Gasteiger partial charge in [0.1, 0.15) is 0 Å². The second-order valence-corrected chi connectivity index (χ2v) is 5.85. The Morgan fingerprint density at radius 2 is 1.83 bits per heavy atom. The van der Waals surface area contributed by atoms with Gasteiger partial charge >= 0.3 is 0 Å². The zero-order valence-corrected chi connectivity index (χ0v) is 12.9. The van der Waals surface area contributed by atoms with Gasteiger partial charge in [-0.15, -0.1) is 0 Å². The molecule has 0 bridgehead atoms. The number of hydrogen-bond acceptors (Lipinski definition) is 2. The van der Waals surface area contributed by atoms with Crippen LogP contribution in [0.5, 0.6) is 0 Å². The number of nitrogens with one attached hydrogen (secondary N) is 1. The minimum Gasteiger partial charge on any atom is -0.314 e. The van der Waals surface area contributed by atoms with Gasteiger partial charge in [0, 0.05) is 12.6 Å². The zero-order chi connectivity index (χ0) is 13.2. The molecule has 18 heavy (non-hydrogen) atoms. The van der Waals surface area contributed by atoms with Gasteiger partial charge in [-0.2, -0.15) is 0 Å². The predicted molar refractivity (Wildman–Crippen MR) is 81.1 cm³/mol. The highest BCUT2D eigenvalue weighted by atomic mass is 15.1. The quantitative estimate of drug-likeness (QED) is 0.675. The van der Waals surface area contributed by atoms with Crippen LogP contribution in [0, 0.1) is 5.92 Å². The molecule has 0 spiro atoms. The van der Waals surface area contributed by atoms with Crippen molar-refractivity contribution in [1.82, 2.24) is 10.2 Å². The molecule has 2 heteroatoms. The maximum atomic E-state index is 3.78. The first kappa shape index (κ1) is 16.0. The minimum atomic E-state index is 0.786. The fourth-order valence-electron chi connectivity index (χ4n) is 3.12. The predicted octanol–water partition coefficient (Wildman–Crippen LogP) is 3.67. The van der Waals surface area contributed by atoms with Crippen molar-refractivity contribution < 1.29 is 0 Å². The molecule has 0 saturated heterocycles.